The average molecular weight is 1140 g/mol. The summed E-state index contributed by atoms with van der Waals surface area (Å²) < 4.78 is 31.4. The number of benzene rings is 3. The number of sulfonamides is 1. The second-order valence-electron chi connectivity index (χ2n) is 21.5. The second kappa shape index (κ2) is 29.8. The summed E-state index contributed by atoms with van der Waals surface area (Å²) in [5.41, 5.74) is 12.4. The van der Waals surface area contributed by atoms with Crippen LogP contribution in [0.3, 0.4) is 0 Å². The van der Waals surface area contributed by atoms with E-state index in [4.69, 9.17) is 17.1 Å². The molecule has 2 aliphatic heterocycles. The predicted octanol–water partition coefficient (Wildman–Crippen LogP) is 8.93. The van der Waals surface area contributed by atoms with Crippen molar-refractivity contribution in [2.75, 3.05) is 35.6 Å². The largest absolute Gasteiger partial charge is 0.391 e. The number of nitrogens with two attached hydrogens (primary N) is 1. The molecule has 20 heteroatoms. The Balaban J connectivity index is 0.000000319. The normalized spacial score (nSPS) is 14.9. The molecule has 1 aliphatic carbocycles. The number of unbranched alkanes of at least 4 members (excludes halogenated alkanes) is 2. The lowest BCUT2D eigenvalue weighted by Crippen LogP contribution is -2.35. The molecule has 2 fully saturated rings. The summed E-state index contributed by atoms with van der Waals surface area (Å²) in [6, 6.07) is 24.5. The Kier molecular flexibility index (Phi) is 23.1. The number of β-amino-alcohol motifs (C(OH)–C–C–N with tert-alkyl or cyclic N) is 1. The van der Waals surface area contributed by atoms with Crippen molar-refractivity contribution in [3.63, 3.8) is 0 Å². The van der Waals surface area contributed by atoms with Gasteiger partial charge in [0, 0.05) is 80.1 Å². The zero-order chi connectivity index (χ0) is 58.7. The number of rotatable bonds is 18. The van der Waals surface area contributed by atoms with Crippen LogP contribution in [0.5, 0.6) is 0 Å². The first-order valence-corrected chi connectivity index (χ1v) is 30.3. The van der Waals surface area contributed by atoms with Crippen LogP contribution in [-0.4, -0.2) is 99.7 Å². The van der Waals surface area contributed by atoms with Crippen molar-refractivity contribution in [3.8, 4) is 23.5 Å². The molecule has 0 radical (unpaired) electrons. The Hall–Kier alpha value is -7.47. The molecule has 6 N–H and O–H groups in total. The van der Waals surface area contributed by atoms with Crippen LogP contribution in [0, 0.1) is 30.6 Å². The molecule has 6 aromatic rings. The minimum Gasteiger partial charge on any atom is -0.391 e. The van der Waals surface area contributed by atoms with Crippen molar-refractivity contribution in [3.05, 3.63) is 124 Å². The number of terminal acetylenes is 1. The first-order chi connectivity index (χ1) is 38.8. The zero-order valence-corrected chi connectivity index (χ0v) is 49.1. The molecule has 81 heavy (non-hydrogen) atoms. The van der Waals surface area contributed by atoms with Gasteiger partial charge in [0.05, 0.1) is 28.3 Å². The van der Waals surface area contributed by atoms with Crippen LogP contribution < -0.4 is 26.0 Å². The summed E-state index contributed by atoms with van der Waals surface area (Å²) in [6.45, 7) is 15.6. The number of hydrogen-bond acceptors (Lipinski definition) is 13. The molecule has 1 unspecified atom stereocenters. The number of thiazole rings is 1. The number of nitrogens with zero attached hydrogens (tertiary/aromatic N) is 6. The molecule has 3 aromatic carbocycles. The number of aromatic nitrogens is 4. The van der Waals surface area contributed by atoms with Gasteiger partial charge >= 0.3 is 0 Å². The van der Waals surface area contributed by atoms with Crippen molar-refractivity contribution in [1.29, 1.82) is 0 Å². The van der Waals surface area contributed by atoms with Crippen molar-refractivity contribution in [1.82, 2.24) is 34.7 Å². The molecule has 3 aliphatic rings. The topological polar surface area (TPSA) is 252 Å². The third kappa shape index (κ3) is 18.5. The van der Waals surface area contributed by atoms with Gasteiger partial charge in [-0.15, -0.1) is 6.42 Å². The quantitative estimate of drug-likeness (QED) is 0.0307. The van der Waals surface area contributed by atoms with Gasteiger partial charge in [-0.1, -0.05) is 108 Å². The van der Waals surface area contributed by atoms with Gasteiger partial charge in [-0.05, 0) is 116 Å². The third-order valence-electron chi connectivity index (χ3n) is 14.0. The van der Waals surface area contributed by atoms with E-state index in [0.29, 0.717) is 91.8 Å². The number of amides is 5. The highest BCUT2D eigenvalue weighted by molar-refractivity contribution is 7.90. The van der Waals surface area contributed by atoms with E-state index in [2.05, 4.69) is 52.1 Å². The molecule has 18 nitrogen and oxygen atoms in total. The number of likely N-dealkylation sites (tertiary alicyclic amines) is 1. The van der Waals surface area contributed by atoms with Gasteiger partial charge < -0.3 is 26.0 Å². The number of para-hydroxylation sites is 1. The van der Waals surface area contributed by atoms with Crippen LogP contribution in [0.1, 0.15) is 148 Å². The maximum atomic E-state index is 13.9. The highest BCUT2D eigenvalue weighted by atomic mass is 32.2. The zero-order valence-electron chi connectivity index (χ0n) is 47.5. The van der Waals surface area contributed by atoms with E-state index in [1.165, 1.54) is 24.2 Å². The molecule has 5 amide bonds. The fourth-order valence-corrected chi connectivity index (χ4v) is 11.8. The minimum absolute atomic E-state index is 0.0269. The first kappa shape index (κ1) is 62.7. The summed E-state index contributed by atoms with van der Waals surface area (Å²) in [4.78, 5) is 73.4. The van der Waals surface area contributed by atoms with Gasteiger partial charge in [0.15, 0.2) is 5.13 Å². The molecular formula is C61H78N10O8S2. The van der Waals surface area contributed by atoms with E-state index in [1.54, 1.807) is 23.2 Å². The number of hydrogen-bond donors (Lipinski definition) is 5. The number of anilines is 2. The fraction of sp³-hybridized carbons (Fsp3) is 0.443. The smallest absolute Gasteiger partial charge is 0.284 e. The van der Waals surface area contributed by atoms with Crippen molar-refractivity contribution in [2.24, 2.45) is 17.1 Å². The monoisotopic (exact) mass is 1140 g/mol. The molecule has 5 heterocycles. The number of aliphatic hydroxyl groups excluding tert-OH is 1. The van der Waals surface area contributed by atoms with Crippen molar-refractivity contribution < 1.29 is 37.5 Å². The van der Waals surface area contributed by atoms with Crippen LogP contribution >= 0.6 is 11.3 Å². The Bertz CT molecular complexity index is 3230. The Morgan fingerprint density at radius 2 is 1.64 bits per heavy atom. The van der Waals surface area contributed by atoms with E-state index in [9.17, 15) is 37.5 Å². The van der Waals surface area contributed by atoms with Crippen LogP contribution in [-0.2, 0) is 50.5 Å². The molecule has 3 aromatic heterocycles. The number of nitrogens with one attached hydrogen (secondary N) is 3. The number of carbonyl (C=O) groups is 5. The molecule has 9 rings (SSSR count). The SMILES string of the molecule is C#Cc1ccc(CNC=O)cc1.CC.CC(C)(C)CC(=O)N1CCC(O)C1.Cc1c(-c2ccc(N3CCc4cccc(C(=O)Nc5nc6ccccc6s5)c4C3)nc2C(=O)NS(=O)(=O)CCCCCC(N)=O)cnn1CC1CCCC1. The lowest BCUT2D eigenvalue weighted by Gasteiger charge is -2.31. The lowest BCUT2D eigenvalue weighted by atomic mass is 9.92. The standard InChI is InChI=1S/C39H44N8O5S2.C10H19NO2.C10H9NO.C2H6/c1-25-30(22-41-47(25)23-26-10-4-5-11-26)28-17-18-35(43-36(28)38(50)45-54(51,52)21-8-2-3-16-34(40)48)46-20-19-27-12-9-13-29(31(27)24-46)37(49)44-39-42-32-14-6-7-15-33(32)53-39;1-10(2,3)6-9(13)11-5-4-8(12)7-11;1-2-9-3-5-10(6-4-9)7-11-8-12;1-2/h6-7,9,12-15,17-18,22,26H,2-5,8,10-11,16,19-21,23-24H2,1H3,(H2,40,48)(H,45,50)(H,42,44,49);8,12H,4-7H2,1-3H3;1,3-6,8H,7H2,(H,11,12);1-2H3. The maximum Gasteiger partial charge on any atom is 0.284 e. The van der Waals surface area contributed by atoms with Crippen LogP contribution in [0.2, 0.25) is 0 Å². The van der Waals surface area contributed by atoms with Crippen molar-refractivity contribution in [2.45, 2.75) is 138 Å². The number of pyridine rings is 1. The third-order valence-corrected chi connectivity index (χ3v) is 16.3. The van der Waals surface area contributed by atoms with Crippen LogP contribution in [0.4, 0.5) is 10.9 Å². The molecule has 0 spiro atoms. The summed E-state index contributed by atoms with van der Waals surface area (Å²) in [5.74, 6) is 1.90. The van der Waals surface area contributed by atoms with Gasteiger partial charge in [0.2, 0.25) is 28.2 Å². The number of fused-ring (bicyclic) bond motifs is 2. The average Bonchev–Trinajstić information content (AvgIpc) is 4.49. The summed E-state index contributed by atoms with van der Waals surface area (Å²) in [5, 5.41) is 20.0. The lowest BCUT2D eigenvalue weighted by molar-refractivity contribution is -0.132. The maximum absolute atomic E-state index is 13.9. The minimum atomic E-state index is -4.02. The van der Waals surface area contributed by atoms with E-state index in [-0.39, 0.29) is 47.6 Å². The van der Waals surface area contributed by atoms with E-state index >= 15 is 0 Å². The summed E-state index contributed by atoms with van der Waals surface area (Å²) in [6.07, 6.45) is 15.3. The molecule has 1 saturated carbocycles. The second-order valence-corrected chi connectivity index (χ2v) is 24.4. The molecule has 0 bridgehead atoms. The Morgan fingerprint density at radius 1 is 0.901 bits per heavy atom. The molecular weight excluding hydrogens is 1060 g/mol. The molecule has 432 valence electrons. The summed E-state index contributed by atoms with van der Waals surface area (Å²) >= 11 is 1.41. The predicted molar refractivity (Wildman–Crippen MR) is 320 cm³/mol. The number of primary amides is 1. The van der Waals surface area contributed by atoms with Crippen LogP contribution in [0.25, 0.3) is 21.3 Å². The first-order valence-electron chi connectivity index (χ1n) is 27.9. The van der Waals surface area contributed by atoms with Crippen molar-refractivity contribution >= 4 is 72.6 Å². The van der Waals surface area contributed by atoms with Crippen LogP contribution in [0.15, 0.2) is 85.1 Å². The number of aliphatic hydroxyl groups is 1. The summed E-state index contributed by atoms with van der Waals surface area (Å²) in [7, 11) is -4.02. The highest BCUT2D eigenvalue weighted by Crippen LogP contribution is 2.34. The fourth-order valence-electron chi connectivity index (χ4n) is 9.85. The van der Waals surface area contributed by atoms with Gasteiger partial charge in [-0.3, -0.25) is 34.0 Å². The molecule has 1 saturated heterocycles. The van der Waals surface area contributed by atoms with Gasteiger partial charge in [0.1, 0.15) is 11.5 Å². The van der Waals surface area contributed by atoms with E-state index in [1.807, 2.05) is 97.1 Å². The Labute approximate surface area is 480 Å². The number of carbonyl (C=O) groups excluding carboxylic acids is 5. The van der Waals surface area contributed by atoms with E-state index < -0.39 is 21.8 Å². The van der Waals surface area contributed by atoms with Gasteiger partial charge in [-0.25, -0.2) is 23.1 Å². The van der Waals surface area contributed by atoms with E-state index in [0.717, 1.165) is 70.5 Å². The van der Waals surface area contributed by atoms with Gasteiger partial charge in [-0.2, -0.15) is 5.10 Å². The highest BCUT2D eigenvalue weighted by Gasteiger charge is 2.29. The Morgan fingerprint density at radius 3 is 2.31 bits per heavy atom. The van der Waals surface area contributed by atoms with Gasteiger partial charge in [0.25, 0.3) is 11.8 Å². The molecule has 1 atom stereocenters.